The Morgan fingerprint density at radius 3 is 2.25 bits per heavy atom. The molecule has 0 spiro atoms. The molecule has 0 unspecified atom stereocenters. The van der Waals surface area contributed by atoms with Crippen molar-refractivity contribution >= 4 is 21.9 Å². The molecule has 24 heavy (non-hydrogen) atoms. The molecule has 0 amide bonds. The average molecular weight is 343 g/mol. The van der Waals surface area contributed by atoms with E-state index in [1.807, 2.05) is 31.2 Å². The fourth-order valence-electron chi connectivity index (χ4n) is 2.69. The van der Waals surface area contributed by atoms with Crippen LogP contribution >= 0.6 is 0 Å². The maximum absolute atomic E-state index is 12.1. The summed E-state index contributed by atoms with van der Waals surface area (Å²) < 4.78 is 24.3. The van der Waals surface area contributed by atoms with Gasteiger partial charge < -0.3 is 4.90 Å². The van der Waals surface area contributed by atoms with E-state index in [2.05, 4.69) is 14.8 Å². The summed E-state index contributed by atoms with van der Waals surface area (Å²) in [5.41, 5.74) is 3.06. The Morgan fingerprint density at radius 1 is 1.00 bits per heavy atom. The summed E-state index contributed by atoms with van der Waals surface area (Å²) in [6.07, 6.45) is 3.99. The van der Waals surface area contributed by atoms with E-state index >= 15 is 0 Å². The van der Waals surface area contributed by atoms with E-state index in [-0.39, 0.29) is 4.90 Å². The van der Waals surface area contributed by atoms with Gasteiger partial charge in [0, 0.05) is 18.8 Å². The molecule has 1 fully saturated rings. The zero-order valence-corrected chi connectivity index (χ0v) is 14.5. The normalized spacial score (nSPS) is 15.1. The van der Waals surface area contributed by atoms with Gasteiger partial charge in [-0.3, -0.25) is 0 Å². The molecule has 1 saturated heterocycles. The summed E-state index contributed by atoms with van der Waals surface area (Å²) in [4.78, 5) is 4.80. The Hall–Kier alpha value is -2.34. The van der Waals surface area contributed by atoms with Crippen LogP contribution in [0.25, 0.3) is 0 Å². The molecular formula is C18H21N3O2S. The van der Waals surface area contributed by atoms with Crippen LogP contribution in [0, 0.1) is 6.92 Å². The van der Waals surface area contributed by atoms with Crippen LogP contribution in [-0.2, 0) is 10.0 Å². The molecule has 0 atom stereocenters. The number of nitrogens with zero attached hydrogens (tertiary/aromatic N) is 2. The minimum absolute atomic E-state index is 0.203. The van der Waals surface area contributed by atoms with Crippen LogP contribution in [-0.4, -0.2) is 27.7 Å². The van der Waals surface area contributed by atoms with E-state index in [9.17, 15) is 8.42 Å². The Morgan fingerprint density at radius 2 is 1.62 bits per heavy atom. The quantitative estimate of drug-likeness (QED) is 0.671. The third-order valence-corrected chi connectivity index (χ3v) is 5.32. The lowest BCUT2D eigenvalue weighted by atomic mass is 10.2. The Balaban J connectivity index is 1.64. The van der Waals surface area contributed by atoms with Crippen molar-refractivity contribution in [2.24, 2.45) is 5.10 Å². The lowest BCUT2D eigenvalue weighted by Crippen LogP contribution is -2.18. The molecule has 0 saturated carbocycles. The van der Waals surface area contributed by atoms with Crippen molar-refractivity contribution in [3.8, 4) is 0 Å². The van der Waals surface area contributed by atoms with Crippen molar-refractivity contribution in [3.05, 3.63) is 59.7 Å². The predicted octanol–water partition coefficient (Wildman–Crippen LogP) is 2.91. The molecule has 1 aliphatic heterocycles. The van der Waals surface area contributed by atoms with Gasteiger partial charge in [-0.25, -0.2) is 4.83 Å². The highest BCUT2D eigenvalue weighted by molar-refractivity contribution is 7.89. The number of nitrogens with one attached hydrogen (secondary N) is 1. The molecule has 0 bridgehead atoms. The molecule has 5 nitrogen and oxygen atoms in total. The Kier molecular flexibility index (Phi) is 4.85. The van der Waals surface area contributed by atoms with Crippen LogP contribution in [0.3, 0.4) is 0 Å². The standard InChI is InChI=1S/C18H21N3O2S/c1-15-4-10-18(11-5-15)24(22,23)20-19-14-16-6-8-17(9-7-16)21-12-2-3-13-21/h4-11,14,20H,2-3,12-13H2,1H3/b19-14+. The Bertz CT molecular complexity index is 806. The van der Waals surface area contributed by atoms with E-state index in [0.717, 1.165) is 24.2 Å². The summed E-state index contributed by atoms with van der Waals surface area (Å²) in [6.45, 7) is 4.11. The molecule has 2 aromatic carbocycles. The number of benzene rings is 2. The average Bonchev–Trinajstić information content (AvgIpc) is 3.10. The monoisotopic (exact) mass is 343 g/mol. The molecule has 1 heterocycles. The highest BCUT2D eigenvalue weighted by atomic mass is 32.2. The lowest BCUT2D eigenvalue weighted by Gasteiger charge is -2.17. The third kappa shape index (κ3) is 3.94. The number of rotatable bonds is 5. The first kappa shape index (κ1) is 16.5. The molecule has 126 valence electrons. The van der Waals surface area contributed by atoms with Gasteiger partial charge in [-0.15, -0.1) is 0 Å². The molecule has 1 aliphatic rings. The second-order valence-electron chi connectivity index (χ2n) is 5.95. The minimum Gasteiger partial charge on any atom is -0.372 e. The van der Waals surface area contributed by atoms with Crippen LogP contribution < -0.4 is 9.73 Å². The van der Waals surface area contributed by atoms with Crippen molar-refractivity contribution in [2.75, 3.05) is 18.0 Å². The van der Waals surface area contributed by atoms with Crippen molar-refractivity contribution in [3.63, 3.8) is 0 Å². The van der Waals surface area contributed by atoms with E-state index in [1.54, 1.807) is 24.3 Å². The van der Waals surface area contributed by atoms with Crippen LogP contribution in [0.5, 0.6) is 0 Å². The molecular weight excluding hydrogens is 322 g/mol. The third-order valence-electron chi connectivity index (χ3n) is 4.08. The zero-order chi connectivity index (χ0) is 17.0. The van der Waals surface area contributed by atoms with E-state index < -0.39 is 10.0 Å². The minimum atomic E-state index is -3.62. The van der Waals surface area contributed by atoms with Gasteiger partial charge in [0.25, 0.3) is 10.0 Å². The lowest BCUT2D eigenvalue weighted by molar-refractivity contribution is 0.584. The van der Waals surface area contributed by atoms with Crippen molar-refractivity contribution in [1.82, 2.24) is 4.83 Å². The fourth-order valence-corrected chi connectivity index (χ4v) is 3.48. The second-order valence-corrected chi connectivity index (χ2v) is 7.61. The smallest absolute Gasteiger partial charge is 0.276 e. The highest BCUT2D eigenvalue weighted by Crippen LogP contribution is 2.20. The first-order valence-electron chi connectivity index (χ1n) is 8.01. The number of hydrazone groups is 1. The molecule has 3 rings (SSSR count). The maximum Gasteiger partial charge on any atom is 0.276 e. The molecule has 0 aliphatic carbocycles. The van der Waals surface area contributed by atoms with Gasteiger partial charge in [-0.05, 0) is 49.6 Å². The van der Waals surface area contributed by atoms with E-state index in [1.165, 1.54) is 24.7 Å². The van der Waals surface area contributed by atoms with Gasteiger partial charge in [0.05, 0.1) is 11.1 Å². The van der Waals surface area contributed by atoms with Gasteiger partial charge in [-0.1, -0.05) is 29.8 Å². The highest BCUT2D eigenvalue weighted by Gasteiger charge is 2.12. The summed E-state index contributed by atoms with van der Waals surface area (Å²) >= 11 is 0. The second kappa shape index (κ2) is 7.05. The molecule has 1 N–H and O–H groups in total. The zero-order valence-electron chi connectivity index (χ0n) is 13.6. The van der Waals surface area contributed by atoms with Crippen LogP contribution in [0.4, 0.5) is 5.69 Å². The first-order chi connectivity index (χ1) is 11.5. The molecule has 0 radical (unpaired) electrons. The summed E-state index contributed by atoms with van der Waals surface area (Å²) in [6, 6.07) is 14.6. The molecule has 0 aromatic heterocycles. The van der Waals surface area contributed by atoms with Crippen LogP contribution in [0.15, 0.2) is 58.5 Å². The topological polar surface area (TPSA) is 61.8 Å². The maximum atomic E-state index is 12.1. The van der Waals surface area contributed by atoms with Crippen LogP contribution in [0.2, 0.25) is 0 Å². The van der Waals surface area contributed by atoms with Gasteiger partial charge in [0.1, 0.15) is 0 Å². The van der Waals surface area contributed by atoms with Crippen LogP contribution in [0.1, 0.15) is 24.0 Å². The summed E-state index contributed by atoms with van der Waals surface area (Å²) in [7, 11) is -3.62. The number of anilines is 1. The number of hydrogen-bond acceptors (Lipinski definition) is 4. The van der Waals surface area contributed by atoms with Gasteiger partial charge in [0.2, 0.25) is 0 Å². The summed E-state index contributed by atoms with van der Waals surface area (Å²) in [5, 5.41) is 3.86. The number of sulfonamides is 1. The largest absolute Gasteiger partial charge is 0.372 e. The van der Waals surface area contributed by atoms with Crippen molar-refractivity contribution in [1.29, 1.82) is 0 Å². The van der Waals surface area contributed by atoms with E-state index in [0.29, 0.717) is 0 Å². The van der Waals surface area contributed by atoms with Crippen molar-refractivity contribution < 1.29 is 8.42 Å². The van der Waals surface area contributed by atoms with E-state index in [4.69, 9.17) is 0 Å². The number of aryl methyl sites for hydroxylation is 1. The predicted molar refractivity (Wildman–Crippen MR) is 97.0 cm³/mol. The fraction of sp³-hybridized carbons (Fsp3) is 0.278. The summed E-state index contributed by atoms with van der Waals surface area (Å²) in [5.74, 6) is 0. The van der Waals surface area contributed by atoms with Crippen molar-refractivity contribution in [2.45, 2.75) is 24.7 Å². The molecule has 6 heteroatoms. The number of hydrogen-bond donors (Lipinski definition) is 1. The molecule has 2 aromatic rings. The SMILES string of the molecule is Cc1ccc(S(=O)(=O)N/N=C/c2ccc(N3CCCC3)cc2)cc1. The Labute approximate surface area is 143 Å². The first-order valence-corrected chi connectivity index (χ1v) is 9.49. The van der Waals surface area contributed by atoms with Gasteiger partial charge in [-0.2, -0.15) is 13.5 Å². The van der Waals surface area contributed by atoms with Gasteiger partial charge >= 0.3 is 0 Å². The van der Waals surface area contributed by atoms with Gasteiger partial charge in [0.15, 0.2) is 0 Å².